The summed E-state index contributed by atoms with van der Waals surface area (Å²) >= 11 is 6.19. The Bertz CT molecular complexity index is 743. The summed E-state index contributed by atoms with van der Waals surface area (Å²) in [7, 11) is 1.66. The molecular formula is C24H38ClN2O+. The fourth-order valence-corrected chi connectivity index (χ4v) is 3.04. The molecule has 1 unspecified atom stereocenters. The fourth-order valence-electron chi connectivity index (χ4n) is 2.87. The van der Waals surface area contributed by atoms with Gasteiger partial charge in [-0.1, -0.05) is 65.3 Å². The lowest BCUT2D eigenvalue weighted by Gasteiger charge is -2.28. The predicted molar refractivity (Wildman–Crippen MR) is 125 cm³/mol. The largest absolute Gasteiger partial charge is 0.496 e. The van der Waals surface area contributed by atoms with Crippen LogP contribution in [-0.4, -0.2) is 7.11 Å². The lowest BCUT2D eigenvalue weighted by atomic mass is 9.76. The summed E-state index contributed by atoms with van der Waals surface area (Å²) in [5, 5.41) is 0.751. The lowest BCUT2D eigenvalue weighted by Crippen LogP contribution is -2.43. The zero-order chi connectivity index (χ0) is 21.7. The first-order chi connectivity index (χ1) is 13.4. The SMILES string of the molecule is CC.CC.CCC(C)(C/C=C/c1ccc(N)cc1OC)c1cc(Cl)ccc1[NH3+]. The van der Waals surface area contributed by atoms with Crippen molar-refractivity contribution in [2.24, 2.45) is 0 Å². The van der Waals surface area contributed by atoms with Crippen LogP contribution in [0.2, 0.25) is 5.02 Å². The number of nitrogen functional groups attached to an aromatic ring is 1. The molecule has 2 rings (SSSR count). The normalized spacial score (nSPS) is 12.3. The standard InChI is InChI=1S/C20H25ClN2O.2C2H6/c1-4-20(2,17-12-15(21)8-10-18(17)23)11-5-6-14-7-9-16(22)13-19(14)24-3;2*1-2/h5-10,12-13H,4,11,22-23H2,1-3H3;2*1-2H3/p+1/b6-5+;;. The van der Waals surface area contributed by atoms with Crippen molar-refractivity contribution in [3.63, 3.8) is 0 Å². The van der Waals surface area contributed by atoms with Gasteiger partial charge in [0.25, 0.3) is 0 Å². The topological polar surface area (TPSA) is 62.9 Å². The zero-order valence-corrected chi connectivity index (χ0v) is 19.4. The van der Waals surface area contributed by atoms with Crippen LogP contribution in [0.5, 0.6) is 5.75 Å². The second-order valence-corrected chi connectivity index (χ2v) is 6.76. The van der Waals surface area contributed by atoms with E-state index in [1.807, 2.05) is 64.1 Å². The van der Waals surface area contributed by atoms with E-state index >= 15 is 0 Å². The Hall–Kier alpha value is -1.97. The maximum atomic E-state index is 6.19. The van der Waals surface area contributed by atoms with E-state index in [0.717, 1.165) is 34.9 Å². The molecule has 5 N–H and O–H groups in total. The van der Waals surface area contributed by atoms with Gasteiger partial charge in [-0.2, -0.15) is 0 Å². The number of ether oxygens (including phenoxy) is 1. The summed E-state index contributed by atoms with van der Waals surface area (Å²) < 4.78 is 5.40. The van der Waals surface area contributed by atoms with Crippen molar-refractivity contribution in [2.45, 2.75) is 59.8 Å². The average molecular weight is 406 g/mol. The van der Waals surface area contributed by atoms with Crippen molar-refractivity contribution >= 4 is 29.1 Å². The number of nitrogens with two attached hydrogens (primary N) is 1. The molecule has 0 amide bonds. The van der Waals surface area contributed by atoms with Gasteiger partial charge >= 0.3 is 0 Å². The summed E-state index contributed by atoms with van der Waals surface area (Å²) in [4.78, 5) is 0. The van der Waals surface area contributed by atoms with E-state index in [1.165, 1.54) is 5.56 Å². The van der Waals surface area contributed by atoms with E-state index in [0.29, 0.717) is 5.69 Å². The number of rotatable bonds is 6. The van der Waals surface area contributed by atoms with Gasteiger partial charge in [0.1, 0.15) is 11.4 Å². The monoisotopic (exact) mass is 405 g/mol. The minimum Gasteiger partial charge on any atom is -0.496 e. The lowest BCUT2D eigenvalue weighted by molar-refractivity contribution is -0.256. The summed E-state index contributed by atoms with van der Waals surface area (Å²) in [6.07, 6.45) is 6.15. The van der Waals surface area contributed by atoms with E-state index < -0.39 is 0 Å². The third kappa shape index (κ3) is 7.21. The van der Waals surface area contributed by atoms with Gasteiger partial charge in [-0.25, -0.2) is 0 Å². The van der Waals surface area contributed by atoms with Crippen molar-refractivity contribution in [1.82, 2.24) is 0 Å². The van der Waals surface area contributed by atoms with Gasteiger partial charge in [0, 0.05) is 39.4 Å². The number of quaternary nitrogens is 1. The molecule has 3 nitrogen and oxygen atoms in total. The van der Waals surface area contributed by atoms with Gasteiger partial charge in [0.2, 0.25) is 0 Å². The van der Waals surface area contributed by atoms with Gasteiger partial charge in [0.05, 0.1) is 7.11 Å². The highest BCUT2D eigenvalue weighted by molar-refractivity contribution is 6.30. The van der Waals surface area contributed by atoms with Crippen molar-refractivity contribution < 1.29 is 10.5 Å². The number of benzene rings is 2. The highest BCUT2D eigenvalue weighted by Gasteiger charge is 2.27. The molecule has 0 fully saturated rings. The van der Waals surface area contributed by atoms with E-state index in [2.05, 4.69) is 31.7 Å². The first kappa shape index (κ1) is 26.0. The van der Waals surface area contributed by atoms with Gasteiger partial charge in [-0.05, 0) is 37.1 Å². The molecular weight excluding hydrogens is 368 g/mol. The molecule has 2 aromatic rings. The van der Waals surface area contributed by atoms with Gasteiger partial charge in [-0.15, -0.1) is 0 Å². The number of methoxy groups -OCH3 is 1. The Balaban J connectivity index is 0.00000171. The first-order valence-corrected chi connectivity index (χ1v) is 10.5. The molecule has 2 aromatic carbocycles. The quantitative estimate of drug-likeness (QED) is 0.529. The molecule has 1 atom stereocenters. The molecule has 0 aliphatic rings. The number of allylic oxidation sites excluding steroid dienone is 1. The second-order valence-electron chi connectivity index (χ2n) is 6.32. The smallest absolute Gasteiger partial charge is 0.131 e. The molecule has 156 valence electrons. The third-order valence-corrected chi connectivity index (χ3v) is 4.86. The predicted octanol–water partition coefficient (Wildman–Crippen LogP) is 6.63. The Morgan fingerprint density at radius 3 is 2.32 bits per heavy atom. The minimum atomic E-state index is -0.0144. The summed E-state index contributed by atoms with van der Waals surface area (Å²) in [6, 6.07) is 11.6. The number of anilines is 1. The molecule has 0 aliphatic carbocycles. The molecule has 4 heteroatoms. The van der Waals surface area contributed by atoms with Gasteiger partial charge in [-0.3, -0.25) is 0 Å². The third-order valence-electron chi connectivity index (χ3n) is 4.63. The number of hydrogen-bond acceptors (Lipinski definition) is 2. The highest BCUT2D eigenvalue weighted by atomic mass is 35.5. The Labute approximate surface area is 176 Å². The second kappa shape index (κ2) is 13.2. The number of hydrogen-bond donors (Lipinski definition) is 2. The average Bonchev–Trinajstić information content (AvgIpc) is 2.73. The molecule has 0 bridgehead atoms. The molecule has 0 radical (unpaired) electrons. The van der Waals surface area contributed by atoms with Crippen molar-refractivity contribution in [2.75, 3.05) is 12.8 Å². The van der Waals surface area contributed by atoms with Crippen LogP contribution in [-0.2, 0) is 5.41 Å². The summed E-state index contributed by atoms with van der Waals surface area (Å²) in [5.74, 6) is 0.782. The molecule has 0 aliphatic heterocycles. The van der Waals surface area contributed by atoms with Crippen molar-refractivity contribution in [3.05, 3.63) is 58.6 Å². The van der Waals surface area contributed by atoms with E-state index in [1.54, 1.807) is 7.11 Å². The highest BCUT2D eigenvalue weighted by Crippen LogP contribution is 2.36. The number of halogens is 1. The Kier molecular flexibility index (Phi) is 12.3. The molecule has 0 aromatic heterocycles. The molecule has 0 spiro atoms. The first-order valence-electron chi connectivity index (χ1n) is 10.1. The van der Waals surface area contributed by atoms with Crippen LogP contribution < -0.4 is 16.2 Å². The molecule has 28 heavy (non-hydrogen) atoms. The minimum absolute atomic E-state index is 0.0144. The summed E-state index contributed by atoms with van der Waals surface area (Å²) in [5.41, 5.74) is 13.9. The summed E-state index contributed by atoms with van der Waals surface area (Å²) in [6.45, 7) is 12.4. The molecule has 0 saturated carbocycles. The van der Waals surface area contributed by atoms with Crippen LogP contribution in [0, 0.1) is 0 Å². The van der Waals surface area contributed by atoms with Crippen LogP contribution >= 0.6 is 11.6 Å². The van der Waals surface area contributed by atoms with E-state index in [9.17, 15) is 0 Å². The van der Waals surface area contributed by atoms with Crippen LogP contribution in [0.4, 0.5) is 11.4 Å². The van der Waals surface area contributed by atoms with E-state index in [4.69, 9.17) is 22.1 Å². The van der Waals surface area contributed by atoms with Crippen LogP contribution in [0.1, 0.15) is 65.5 Å². The Morgan fingerprint density at radius 2 is 1.75 bits per heavy atom. The van der Waals surface area contributed by atoms with Crippen molar-refractivity contribution in [1.29, 1.82) is 0 Å². The van der Waals surface area contributed by atoms with Crippen LogP contribution in [0.3, 0.4) is 0 Å². The maximum absolute atomic E-state index is 6.19. The molecule has 0 heterocycles. The fraction of sp³-hybridized carbons (Fsp3) is 0.417. The van der Waals surface area contributed by atoms with E-state index in [-0.39, 0.29) is 5.41 Å². The van der Waals surface area contributed by atoms with Crippen molar-refractivity contribution in [3.8, 4) is 5.75 Å². The maximum Gasteiger partial charge on any atom is 0.131 e. The van der Waals surface area contributed by atoms with Crippen LogP contribution in [0.15, 0.2) is 42.5 Å². The van der Waals surface area contributed by atoms with Gasteiger partial charge in [0.15, 0.2) is 0 Å². The zero-order valence-electron chi connectivity index (χ0n) is 18.6. The molecule has 0 saturated heterocycles. The van der Waals surface area contributed by atoms with Gasteiger partial charge < -0.3 is 16.2 Å². The Morgan fingerprint density at radius 1 is 1.11 bits per heavy atom. The van der Waals surface area contributed by atoms with Crippen LogP contribution in [0.25, 0.3) is 6.08 Å².